The van der Waals surface area contributed by atoms with Crippen molar-refractivity contribution in [3.05, 3.63) is 16.3 Å². The van der Waals surface area contributed by atoms with E-state index in [1.807, 2.05) is 0 Å². The number of thiazole rings is 1. The summed E-state index contributed by atoms with van der Waals surface area (Å²) >= 11 is 1.07. The third kappa shape index (κ3) is 2.95. The average Bonchev–Trinajstić information content (AvgIpc) is 2.62. The number of nitrogens with zero attached hydrogens (tertiary/aromatic N) is 2. The second-order valence-corrected chi connectivity index (χ2v) is 4.16. The number of anilines is 1. The van der Waals surface area contributed by atoms with Crippen molar-refractivity contribution in [2.75, 3.05) is 11.9 Å². The lowest BCUT2D eigenvalue weighted by Crippen LogP contribution is -2.09. The zero-order valence-electron chi connectivity index (χ0n) is 8.19. The summed E-state index contributed by atoms with van der Waals surface area (Å²) in [6.07, 6.45) is 2.37. The summed E-state index contributed by atoms with van der Waals surface area (Å²) in [5.41, 5.74) is 0. The molecule has 6 heteroatoms. The number of rotatable bonds is 5. The Morgan fingerprint density at radius 1 is 1.79 bits per heavy atom. The van der Waals surface area contributed by atoms with E-state index in [1.54, 1.807) is 0 Å². The van der Waals surface area contributed by atoms with Crippen LogP contribution in [0.5, 0.6) is 0 Å². The summed E-state index contributed by atoms with van der Waals surface area (Å²) in [4.78, 5) is 13.8. The minimum atomic E-state index is -0.425. The van der Waals surface area contributed by atoms with E-state index in [1.165, 1.54) is 6.20 Å². The quantitative estimate of drug-likeness (QED) is 0.605. The van der Waals surface area contributed by atoms with Gasteiger partial charge in [-0.15, -0.1) is 0 Å². The molecule has 1 aromatic heterocycles. The molecule has 0 aromatic carbocycles. The Morgan fingerprint density at radius 3 is 3.00 bits per heavy atom. The minimum absolute atomic E-state index is 0.0802. The van der Waals surface area contributed by atoms with Gasteiger partial charge in [-0.1, -0.05) is 20.3 Å². The van der Waals surface area contributed by atoms with E-state index in [4.69, 9.17) is 0 Å². The lowest BCUT2D eigenvalue weighted by molar-refractivity contribution is -0.380. The second-order valence-electron chi connectivity index (χ2n) is 3.16. The molecule has 0 aliphatic carbocycles. The van der Waals surface area contributed by atoms with Crippen molar-refractivity contribution in [2.45, 2.75) is 20.3 Å². The van der Waals surface area contributed by atoms with Crippen LogP contribution in [0, 0.1) is 16.0 Å². The van der Waals surface area contributed by atoms with Crippen LogP contribution in [0.25, 0.3) is 0 Å². The fourth-order valence-corrected chi connectivity index (χ4v) is 1.48. The van der Waals surface area contributed by atoms with Crippen molar-refractivity contribution in [2.24, 2.45) is 5.92 Å². The maximum atomic E-state index is 10.4. The van der Waals surface area contributed by atoms with E-state index >= 15 is 0 Å². The van der Waals surface area contributed by atoms with Crippen LogP contribution in [0.3, 0.4) is 0 Å². The van der Waals surface area contributed by atoms with Crippen molar-refractivity contribution >= 4 is 21.5 Å². The normalized spacial score (nSPS) is 12.4. The molecule has 0 spiro atoms. The number of nitro groups is 1. The molecule has 1 heterocycles. The van der Waals surface area contributed by atoms with Crippen LogP contribution in [0.1, 0.15) is 20.3 Å². The standard InChI is InChI=1S/C8H13N3O2S/c1-3-6(2)4-9-8-10-5-7(14-8)11(12)13/h5-6H,3-4H2,1-2H3,(H,9,10). The highest BCUT2D eigenvalue weighted by atomic mass is 32.1. The van der Waals surface area contributed by atoms with Crippen molar-refractivity contribution in [3.63, 3.8) is 0 Å². The van der Waals surface area contributed by atoms with Gasteiger partial charge in [0.2, 0.25) is 0 Å². The molecule has 0 aliphatic heterocycles. The topological polar surface area (TPSA) is 68.1 Å². The van der Waals surface area contributed by atoms with Gasteiger partial charge in [0.25, 0.3) is 0 Å². The van der Waals surface area contributed by atoms with Crippen LogP contribution in [0.4, 0.5) is 10.1 Å². The van der Waals surface area contributed by atoms with Crippen LogP contribution >= 0.6 is 11.3 Å². The first-order chi connectivity index (χ1) is 6.63. The Labute approximate surface area is 86.3 Å². The molecule has 5 nitrogen and oxygen atoms in total. The van der Waals surface area contributed by atoms with Gasteiger partial charge in [0.15, 0.2) is 5.13 Å². The van der Waals surface area contributed by atoms with Crippen LogP contribution in [0.15, 0.2) is 6.20 Å². The van der Waals surface area contributed by atoms with E-state index in [9.17, 15) is 10.1 Å². The van der Waals surface area contributed by atoms with Crippen LogP contribution in [-0.2, 0) is 0 Å². The molecule has 1 unspecified atom stereocenters. The van der Waals surface area contributed by atoms with Crippen LogP contribution in [0.2, 0.25) is 0 Å². The molecule has 0 fully saturated rings. The van der Waals surface area contributed by atoms with Crippen LogP contribution < -0.4 is 5.32 Å². The average molecular weight is 215 g/mol. The number of hydrogen-bond donors (Lipinski definition) is 1. The van der Waals surface area contributed by atoms with Crippen LogP contribution in [-0.4, -0.2) is 16.5 Å². The number of nitrogens with one attached hydrogen (secondary N) is 1. The highest BCUT2D eigenvalue weighted by Gasteiger charge is 2.11. The molecule has 0 saturated heterocycles. The Morgan fingerprint density at radius 2 is 2.50 bits per heavy atom. The van der Waals surface area contributed by atoms with Gasteiger partial charge in [-0.05, 0) is 17.3 Å². The molecular formula is C8H13N3O2S. The van der Waals surface area contributed by atoms with Gasteiger partial charge in [-0.3, -0.25) is 10.1 Å². The lowest BCUT2D eigenvalue weighted by atomic mass is 10.1. The van der Waals surface area contributed by atoms with Gasteiger partial charge >= 0.3 is 5.00 Å². The molecule has 0 saturated carbocycles. The summed E-state index contributed by atoms with van der Waals surface area (Å²) in [6.45, 7) is 5.03. The van der Waals surface area contributed by atoms with E-state index in [0.717, 1.165) is 24.3 Å². The molecule has 1 aromatic rings. The number of aromatic nitrogens is 1. The highest BCUT2D eigenvalue weighted by molar-refractivity contribution is 7.18. The summed E-state index contributed by atoms with van der Waals surface area (Å²) in [6, 6.07) is 0. The molecule has 78 valence electrons. The zero-order valence-corrected chi connectivity index (χ0v) is 9.00. The van der Waals surface area contributed by atoms with Crippen molar-refractivity contribution in [3.8, 4) is 0 Å². The first-order valence-corrected chi connectivity index (χ1v) is 5.29. The zero-order chi connectivity index (χ0) is 10.6. The number of hydrogen-bond acceptors (Lipinski definition) is 5. The minimum Gasteiger partial charge on any atom is -0.361 e. The van der Waals surface area contributed by atoms with Crippen molar-refractivity contribution in [1.29, 1.82) is 0 Å². The smallest absolute Gasteiger partial charge is 0.345 e. The second kappa shape index (κ2) is 4.90. The third-order valence-corrected chi connectivity index (χ3v) is 2.88. The Hall–Kier alpha value is -1.17. The fraction of sp³-hybridized carbons (Fsp3) is 0.625. The molecule has 0 amide bonds. The highest BCUT2D eigenvalue weighted by Crippen LogP contribution is 2.24. The largest absolute Gasteiger partial charge is 0.361 e. The molecule has 0 bridgehead atoms. The molecular weight excluding hydrogens is 202 g/mol. The molecule has 1 atom stereocenters. The fourth-order valence-electron chi connectivity index (χ4n) is 0.838. The first kappa shape index (κ1) is 10.9. The predicted octanol–water partition coefficient (Wildman–Crippen LogP) is 2.51. The molecule has 0 aliphatic rings. The summed E-state index contributed by atoms with van der Waals surface area (Å²) in [5.74, 6) is 0.554. The molecule has 14 heavy (non-hydrogen) atoms. The van der Waals surface area contributed by atoms with Gasteiger partial charge < -0.3 is 5.32 Å². The lowest BCUT2D eigenvalue weighted by Gasteiger charge is -2.07. The molecule has 1 N–H and O–H groups in total. The Kier molecular flexibility index (Phi) is 3.82. The van der Waals surface area contributed by atoms with E-state index in [2.05, 4.69) is 24.1 Å². The van der Waals surface area contributed by atoms with Crippen molar-refractivity contribution < 1.29 is 4.92 Å². The first-order valence-electron chi connectivity index (χ1n) is 4.47. The monoisotopic (exact) mass is 215 g/mol. The van der Waals surface area contributed by atoms with E-state index in [-0.39, 0.29) is 5.00 Å². The Balaban J connectivity index is 2.48. The summed E-state index contributed by atoms with van der Waals surface area (Å²) < 4.78 is 0. The summed E-state index contributed by atoms with van der Waals surface area (Å²) in [7, 11) is 0. The predicted molar refractivity (Wildman–Crippen MR) is 56.7 cm³/mol. The third-order valence-electron chi connectivity index (χ3n) is 1.97. The van der Waals surface area contributed by atoms with Gasteiger partial charge in [-0.2, -0.15) is 0 Å². The van der Waals surface area contributed by atoms with Gasteiger partial charge in [-0.25, -0.2) is 4.98 Å². The van der Waals surface area contributed by atoms with Gasteiger partial charge in [0.1, 0.15) is 6.20 Å². The van der Waals surface area contributed by atoms with E-state index < -0.39 is 4.92 Å². The maximum absolute atomic E-state index is 10.4. The van der Waals surface area contributed by atoms with E-state index in [0.29, 0.717) is 11.0 Å². The Bertz CT molecular complexity index is 313. The molecule has 0 radical (unpaired) electrons. The SMILES string of the molecule is CCC(C)CNc1ncc([N+](=O)[O-])s1. The maximum Gasteiger partial charge on any atom is 0.345 e. The molecule has 1 rings (SSSR count). The summed E-state index contributed by atoms with van der Waals surface area (Å²) in [5, 5.41) is 14.1. The van der Waals surface area contributed by atoms with Gasteiger partial charge in [0, 0.05) is 6.54 Å². The van der Waals surface area contributed by atoms with Gasteiger partial charge in [0.05, 0.1) is 4.92 Å². The van der Waals surface area contributed by atoms with Crippen molar-refractivity contribution in [1.82, 2.24) is 4.98 Å².